The molecule has 0 saturated carbocycles. The average Bonchev–Trinajstić information content (AvgIpc) is 3.03. The second-order valence-corrected chi connectivity index (χ2v) is 7.01. The van der Waals surface area contributed by atoms with E-state index in [9.17, 15) is 14.7 Å². The summed E-state index contributed by atoms with van der Waals surface area (Å²) in [6.07, 6.45) is 3.04. The third kappa shape index (κ3) is 3.93. The maximum atomic E-state index is 12.5. The van der Waals surface area contributed by atoms with E-state index in [4.69, 9.17) is 4.42 Å². The van der Waals surface area contributed by atoms with Crippen molar-refractivity contribution in [3.8, 4) is 5.75 Å². The zero-order valence-corrected chi connectivity index (χ0v) is 16.3. The minimum absolute atomic E-state index is 0.0556. The predicted molar refractivity (Wildman–Crippen MR) is 106 cm³/mol. The number of nitrogens with zero attached hydrogens (tertiary/aromatic N) is 1. The molecule has 0 spiro atoms. The quantitative estimate of drug-likeness (QED) is 0.689. The van der Waals surface area contributed by atoms with Crippen LogP contribution in [0.3, 0.4) is 0 Å². The van der Waals surface area contributed by atoms with E-state index in [1.165, 1.54) is 12.1 Å². The van der Waals surface area contributed by atoms with Crippen LogP contribution in [0.4, 0.5) is 0 Å². The minimum Gasteiger partial charge on any atom is -0.507 e. The Hall–Kier alpha value is -3.09. The van der Waals surface area contributed by atoms with E-state index in [-0.39, 0.29) is 23.3 Å². The predicted octanol–water partition coefficient (Wildman–Crippen LogP) is 3.29. The molecule has 0 fully saturated rings. The van der Waals surface area contributed by atoms with Gasteiger partial charge in [0.1, 0.15) is 11.5 Å². The number of carbonyl (C=O) groups excluding carboxylic acids is 2. The lowest BCUT2D eigenvalue weighted by atomic mass is 9.93. The molecule has 7 nitrogen and oxygen atoms in total. The highest BCUT2D eigenvalue weighted by Gasteiger charge is 2.28. The SMILES string of the molecule is CCC(C)NC(=O)c1oc2c(c1C)/C(=N/NC(=O)c1ccccc1O)CCC2. The van der Waals surface area contributed by atoms with Gasteiger partial charge in [0.05, 0.1) is 11.3 Å². The summed E-state index contributed by atoms with van der Waals surface area (Å²) in [6, 6.07) is 6.34. The molecule has 0 radical (unpaired) electrons. The molecule has 2 aromatic rings. The molecular weight excluding hydrogens is 358 g/mol. The van der Waals surface area contributed by atoms with Crippen molar-refractivity contribution >= 4 is 17.5 Å². The average molecular weight is 383 g/mol. The molecule has 2 amide bonds. The molecule has 7 heteroatoms. The number of carbonyl (C=O) groups is 2. The van der Waals surface area contributed by atoms with E-state index < -0.39 is 5.91 Å². The van der Waals surface area contributed by atoms with Gasteiger partial charge in [-0.05, 0) is 45.2 Å². The summed E-state index contributed by atoms with van der Waals surface area (Å²) in [5.74, 6) is 0.181. The smallest absolute Gasteiger partial charge is 0.287 e. The lowest BCUT2D eigenvalue weighted by Gasteiger charge is -2.13. The Morgan fingerprint density at radius 1 is 1.25 bits per heavy atom. The molecule has 28 heavy (non-hydrogen) atoms. The molecule has 1 aliphatic carbocycles. The number of aromatic hydroxyl groups is 1. The van der Waals surface area contributed by atoms with Crippen LogP contribution in [0.5, 0.6) is 5.75 Å². The number of nitrogens with one attached hydrogen (secondary N) is 2. The van der Waals surface area contributed by atoms with Crippen LogP contribution in [0.15, 0.2) is 33.8 Å². The number of fused-ring (bicyclic) bond motifs is 1. The van der Waals surface area contributed by atoms with Gasteiger partial charge >= 0.3 is 0 Å². The number of hydrazone groups is 1. The first-order valence-electron chi connectivity index (χ1n) is 9.50. The van der Waals surface area contributed by atoms with Crippen molar-refractivity contribution in [2.24, 2.45) is 5.10 Å². The van der Waals surface area contributed by atoms with Gasteiger partial charge in [-0.3, -0.25) is 9.59 Å². The number of hydrogen-bond acceptors (Lipinski definition) is 5. The van der Waals surface area contributed by atoms with Gasteiger partial charge in [-0.25, -0.2) is 5.43 Å². The molecule has 1 aromatic carbocycles. The molecule has 3 N–H and O–H groups in total. The Morgan fingerprint density at radius 2 is 2.00 bits per heavy atom. The van der Waals surface area contributed by atoms with E-state index in [1.54, 1.807) is 12.1 Å². The van der Waals surface area contributed by atoms with Crippen LogP contribution in [0, 0.1) is 6.92 Å². The first kappa shape index (κ1) is 19.7. The summed E-state index contributed by atoms with van der Waals surface area (Å²) < 4.78 is 5.84. The minimum atomic E-state index is -0.492. The van der Waals surface area contributed by atoms with Crippen molar-refractivity contribution in [2.75, 3.05) is 0 Å². The Bertz CT molecular complexity index is 930. The van der Waals surface area contributed by atoms with Crippen LogP contribution in [-0.4, -0.2) is 28.7 Å². The van der Waals surface area contributed by atoms with E-state index in [0.717, 1.165) is 30.4 Å². The second-order valence-electron chi connectivity index (χ2n) is 7.01. The highest BCUT2D eigenvalue weighted by Crippen LogP contribution is 2.30. The molecule has 0 saturated heterocycles. The van der Waals surface area contributed by atoms with Gasteiger partial charge in [0.15, 0.2) is 5.76 Å². The van der Waals surface area contributed by atoms with Gasteiger partial charge in [-0.15, -0.1) is 0 Å². The molecule has 1 heterocycles. The van der Waals surface area contributed by atoms with Crippen LogP contribution < -0.4 is 10.7 Å². The van der Waals surface area contributed by atoms with Crippen LogP contribution in [-0.2, 0) is 6.42 Å². The van der Waals surface area contributed by atoms with Crippen molar-refractivity contribution in [3.63, 3.8) is 0 Å². The van der Waals surface area contributed by atoms with Crippen LogP contribution in [0.25, 0.3) is 0 Å². The molecule has 1 aliphatic rings. The van der Waals surface area contributed by atoms with E-state index in [2.05, 4.69) is 15.8 Å². The fourth-order valence-electron chi connectivity index (χ4n) is 3.23. The number of phenols is 1. The molecule has 3 rings (SSSR count). The Balaban J connectivity index is 1.85. The summed E-state index contributed by atoms with van der Waals surface area (Å²) in [5, 5.41) is 17.0. The highest BCUT2D eigenvalue weighted by molar-refractivity contribution is 6.07. The third-order valence-corrected chi connectivity index (χ3v) is 4.96. The summed E-state index contributed by atoms with van der Waals surface area (Å²) in [7, 11) is 0. The van der Waals surface area contributed by atoms with Crippen molar-refractivity contribution in [3.05, 3.63) is 52.5 Å². The first-order chi connectivity index (χ1) is 13.4. The van der Waals surface area contributed by atoms with Crippen molar-refractivity contribution in [1.82, 2.24) is 10.7 Å². The molecule has 0 aliphatic heterocycles. The highest BCUT2D eigenvalue weighted by atomic mass is 16.4. The topological polar surface area (TPSA) is 104 Å². The van der Waals surface area contributed by atoms with Crippen LogP contribution >= 0.6 is 0 Å². The van der Waals surface area contributed by atoms with Gasteiger partial charge in [0.2, 0.25) is 0 Å². The number of aryl methyl sites for hydroxylation is 1. The number of amides is 2. The number of furan rings is 1. The number of phenolic OH excluding ortho intramolecular Hbond substituents is 1. The molecular formula is C21H25N3O4. The Kier molecular flexibility index (Phi) is 5.82. The molecule has 148 valence electrons. The van der Waals surface area contributed by atoms with E-state index >= 15 is 0 Å². The summed E-state index contributed by atoms with van der Waals surface area (Å²) in [5.41, 5.74) is 4.85. The van der Waals surface area contributed by atoms with Crippen molar-refractivity contribution < 1.29 is 19.1 Å². The Morgan fingerprint density at radius 3 is 2.71 bits per heavy atom. The number of rotatable bonds is 5. The van der Waals surface area contributed by atoms with E-state index in [0.29, 0.717) is 23.7 Å². The first-order valence-corrected chi connectivity index (χ1v) is 9.50. The lowest BCUT2D eigenvalue weighted by molar-refractivity contribution is 0.0907. The molecule has 1 unspecified atom stereocenters. The zero-order chi connectivity index (χ0) is 20.3. The largest absolute Gasteiger partial charge is 0.507 e. The maximum Gasteiger partial charge on any atom is 0.287 e. The number of para-hydroxylation sites is 1. The van der Waals surface area contributed by atoms with Gasteiger partial charge in [-0.2, -0.15) is 5.10 Å². The van der Waals surface area contributed by atoms with Gasteiger partial charge in [-0.1, -0.05) is 19.1 Å². The van der Waals surface area contributed by atoms with Gasteiger partial charge < -0.3 is 14.8 Å². The van der Waals surface area contributed by atoms with Crippen LogP contribution in [0.2, 0.25) is 0 Å². The Labute approximate surface area is 163 Å². The second kappa shape index (κ2) is 8.29. The van der Waals surface area contributed by atoms with Crippen molar-refractivity contribution in [2.45, 2.75) is 52.5 Å². The normalized spacial score (nSPS) is 15.8. The fraction of sp³-hybridized carbons (Fsp3) is 0.381. The monoisotopic (exact) mass is 383 g/mol. The maximum absolute atomic E-state index is 12.5. The lowest BCUT2D eigenvalue weighted by Crippen LogP contribution is -2.32. The summed E-state index contributed by atoms with van der Waals surface area (Å²) in [4.78, 5) is 24.8. The number of benzene rings is 1. The zero-order valence-electron chi connectivity index (χ0n) is 16.3. The van der Waals surface area contributed by atoms with E-state index in [1.807, 2.05) is 20.8 Å². The molecule has 1 atom stereocenters. The fourth-order valence-corrected chi connectivity index (χ4v) is 3.23. The van der Waals surface area contributed by atoms with Gasteiger partial charge in [0.25, 0.3) is 11.8 Å². The molecule has 1 aromatic heterocycles. The summed E-state index contributed by atoms with van der Waals surface area (Å²) >= 11 is 0. The van der Waals surface area contributed by atoms with Gasteiger partial charge in [0, 0.05) is 23.6 Å². The number of hydrogen-bond donors (Lipinski definition) is 3. The third-order valence-electron chi connectivity index (χ3n) is 4.96. The molecule has 0 bridgehead atoms. The standard InChI is InChI=1S/C21H25N3O4/c1-4-12(2)22-21(27)19-13(3)18-15(9-7-11-17(18)28-19)23-24-20(26)14-8-5-6-10-16(14)25/h5-6,8,10,12,25H,4,7,9,11H2,1-3H3,(H,22,27)(H,24,26)/b23-15+. The van der Waals surface area contributed by atoms with Crippen molar-refractivity contribution in [1.29, 1.82) is 0 Å². The van der Waals surface area contributed by atoms with Crippen LogP contribution in [0.1, 0.15) is 70.9 Å². The summed E-state index contributed by atoms with van der Waals surface area (Å²) in [6.45, 7) is 5.78.